The average Bonchev–Trinajstić information content (AvgIpc) is 2.46. The molecule has 74 valence electrons. The van der Waals surface area contributed by atoms with Crippen molar-refractivity contribution in [2.75, 3.05) is 0 Å². The highest BCUT2D eigenvalue weighted by Gasteiger charge is 2.42. The van der Waals surface area contributed by atoms with E-state index in [1.165, 1.54) is 6.07 Å². The van der Waals surface area contributed by atoms with Crippen LogP contribution in [0, 0.1) is 0 Å². The van der Waals surface area contributed by atoms with Gasteiger partial charge in [-0.1, -0.05) is 6.07 Å². The molecule has 1 aliphatic carbocycles. The van der Waals surface area contributed by atoms with E-state index in [-0.39, 0.29) is 5.75 Å². The molecule has 4 nitrogen and oxygen atoms in total. The molecule has 0 aliphatic heterocycles. The number of phenolic OH excluding ortho intramolecular Hbond substituents is 1. The molecule has 0 aromatic heterocycles. The number of carbonyl (C=O) groups is 1. The lowest BCUT2D eigenvalue weighted by Crippen LogP contribution is -2.42. The number of aliphatic carboxylic acids is 1. The zero-order chi connectivity index (χ0) is 10.3. The van der Waals surface area contributed by atoms with Crippen molar-refractivity contribution in [1.82, 2.24) is 0 Å². The van der Waals surface area contributed by atoms with Crippen LogP contribution in [0.1, 0.15) is 17.5 Å². The summed E-state index contributed by atoms with van der Waals surface area (Å²) in [7, 11) is 0. The van der Waals surface area contributed by atoms with Crippen LogP contribution in [0.25, 0.3) is 0 Å². The minimum atomic E-state index is -1.33. The number of nitrogens with two attached hydrogens (primary N) is 1. The second-order valence-electron chi connectivity index (χ2n) is 3.62. The van der Waals surface area contributed by atoms with Gasteiger partial charge in [-0.05, 0) is 36.1 Å². The number of carboxylic acids is 1. The maximum atomic E-state index is 11.0. The largest absolute Gasteiger partial charge is 0.508 e. The first-order chi connectivity index (χ1) is 6.54. The van der Waals surface area contributed by atoms with Crippen LogP contribution in [0.15, 0.2) is 18.2 Å². The topological polar surface area (TPSA) is 83.6 Å². The number of benzene rings is 1. The van der Waals surface area contributed by atoms with Gasteiger partial charge in [0.05, 0.1) is 0 Å². The monoisotopic (exact) mass is 193 g/mol. The lowest BCUT2D eigenvalue weighted by atomic mass is 9.93. The van der Waals surface area contributed by atoms with Gasteiger partial charge >= 0.3 is 5.97 Å². The Morgan fingerprint density at radius 3 is 2.86 bits per heavy atom. The summed E-state index contributed by atoms with van der Waals surface area (Å²) >= 11 is 0. The molecule has 2 rings (SSSR count). The summed E-state index contributed by atoms with van der Waals surface area (Å²) in [6.07, 6.45) is 1.04. The van der Waals surface area contributed by atoms with E-state index >= 15 is 0 Å². The number of hydrogen-bond acceptors (Lipinski definition) is 3. The SMILES string of the molecule is N[C@@]1(C(=O)O)CCc2ccc(O)cc21. The van der Waals surface area contributed by atoms with Crippen molar-refractivity contribution < 1.29 is 15.0 Å². The van der Waals surface area contributed by atoms with Gasteiger partial charge < -0.3 is 15.9 Å². The summed E-state index contributed by atoms with van der Waals surface area (Å²) in [5.41, 5.74) is 5.89. The second kappa shape index (κ2) is 2.72. The van der Waals surface area contributed by atoms with Gasteiger partial charge in [0.15, 0.2) is 0 Å². The summed E-state index contributed by atoms with van der Waals surface area (Å²) < 4.78 is 0. The highest BCUT2D eigenvalue weighted by molar-refractivity contribution is 5.82. The fourth-order valence-electron chi connectivity index (χ4n) is 1.89. The molecule has 4 N–H and O–H groups in total. The minimum Gasteiger partial charge on any atom is -0.508 e. The Bertz CT molecular complexity index is 402. The van der Waals surface area contributed by atoms with Crippen LogP contribution in [0.3, 0.4) is 0 Å². The number of fused-ring (bicyclic) bond motifs is 1. The van der Waals surface area contributed by atoms with Crippen molar-refractivity contribution >= 4 is 5.97 Å². The lowest BCUT2D eigenvalue weighted by molar-refractivity contribution is -0.143. The summed E-state index contributed by atoms with van der Waals surface area (Å²) in [6.45, 7) is 0. The lowest BCUT2D eigenvalue weighted by Gasteiger charge is -2.19. The molecule has 1 aromatic carbocycles. The molecule has 0 saturated heterocycles. The number of hydrogen-bond donors (Lipinski definition) is 3. The molecule has 0 amide bonds. The number of aromatic hydroxyl groups is 1. The van der Waals surface area contributed by atoms with Crippen molar-refractivity contribution in [3.8, 4) is 5.75 Å². The maximum absolute atomic E-state index is 11.0. The molecule has 14 heavy (non-hydrogen) atoms. The fourth-order valence-corrected chi connectivity index (χ4v) is 1.89. The van der Waals surface area contributed by atoms with E-state index in [1.807, 2.05) is 0 Å². The Morgan fingerprint density at radius 2 is 2.21 bits per heavy atom. The fraction of sp³-hybridized carbons (Fsp3) is 0.300. The number of rotatable bonds is 1. The minimum absolute atomic E-state index is 0.0572. The summed E-state index contributed by atoms with van der Waals surface area (Å²) in [4.78, 5) is 11.0. The molecule has 1 aliphatic rings. The van der Waals surface area contributed by atoms with Crippen LogP contribution in [-0.2, 0) is 16.8 Å². The van der Waals surface area contributed by atoms with Gasteiger partial charge in [-0.25, -0.2) is 4.79 Å². The molecule has 1 atom stereocenters. The smallest absolute Gasteiger partial charge is 0.328 e. The van der Waals surface area contributed by atoms with E-state index in [1.54, 1.807) is 12.1 Å². The average molecular weight is 193 g/mol. The number of aryl methyl sites for hydroxylation is 1. The Kier molecular flexibility index (Phi) is 1.75. The first-order valence-corrected chi connectivity index (χ1v) is 4.39. The van der Waals surface area contributed by atoms with Gasteiger partial charge in [-0.15, -0.1) is 0 Å². The summed E-state index contributed by atoms with van der Waals surface area (Å²) in [6, 6.07) is 4.71. The van der Waals surface area contributed by atoms with Gasteiger partial charge in [-0.2, -0.15) is 0 Å². The Morgan fingerprint density at radius 1 is 1.50 bits per heavy atom. The molecule has 0 heterocycles. The van der Waals surface area contributed by atoms with E-state index < -0.39 is 11.5 Å². The van der Waals surface area contributed by atoms with Crippen LogP contribution in [0.4, 0.5) is 0 Å². The number of phenols is 1. The third-order valence-corrected chi connectivity index (χ3v) is 2.74. The molecule has 1 aromatic rings. The van der Waals surface area contributed by atoms with Gasteiger partial charge in [-0.3, -0.25) is 0 Å². The van der Waals surface area contributed by atoms with Gasteiger partial charge in [0, 0.05) is 0 Å². The normalized spacial score (nSPS) is 24.6. The highest BCUT2D eigenvalue weighted by Crippen LogP contribution is 2.36. The third kappa shape index (κ3) is 1.08. The van der Waals surface area contributed by atoms with Crippen LogP contribution >= 0.6 is 0 Å². The van der Waals surface area contributed by atoms with Crippen LogP contribution in [-0.4, -0.2) is 16.2 Å². The molecule has 0 spiro atoms. The van der Waals surface area contributed by atoms with Crippen molar-refractivity contribution in [1.29, 1.82) is 0 Å². The van der Waals surface area contributed by atoms with Gasteiger partial charge in [0.2, 0.25) is 0 Å². The predicted molar refractivity (Wildman–Crippen MR) is 49.9 cm³/mol. The zero-order valence-electron chi connectivity index (χ0n) is 7.53. The third-order valence-electron chi connectivity index (χ3n) is 2.74. The molecule has 0 bridgehead atoms. The van der Waals surface area contributed by atoms with E-state index in [9.17, 15) is 9.90 Å². The van der Waals surface area contributed by atoms with Crippen molar-refractivity contribution in [3.63, 3.8) is 0 Å². The van der Waals surface area contributed by atoms with E-state index in [0.717, 1.165) is 5.56 Å². The van der Waals surface area contributed by atoms with Gasteiger partial charge in [0.1, 0.15) is 11.3 Å². The van der Waals surface area contributed by atoms with E-state index in [0.29, 0.717) is 18.4 Å². The molecule has 4 heteroatoms. The first-order valence-electron chi connectivity index (χ1n) is 4.39. The van der Waals surface area contributed by atoms with E-state index in [4.69, 9.17) is 10.8 Å². The Hall–Kier alpha value is -1.55. The Balaban J connectivity index is 2.58. The number of carboxylic acid groups (broad SMARTS) is 1. The highest BCUT2D eigenvalue weighted by atomic mass is 16.4. The quantitative estimate of drug-likeness (QED) is 0.609. The van der Waals surface area contributed by atoms with Crippen LogP contribution in [0.5, 0.6) is 5.75 Å². The van der Waals surface area contributed by atoms with Gasteiger partial charge in [0.25, 0.3) is 0 Å². The van der Waals surface area contributed by atoms with E-state index in [2.05, 4.69) is 0 Å². The predicted octanol–water partition coefficient (Wildman–Crippen LogP) is 0.577. The molecular weight excluding hydrogens is 182 g/mol. The maximum Gasteiger partial charge on any atom is 0.328 e. The van der Waals surface area contributed by atoms with Crippen molar-refractivity contribution in [2.45, 2.75) is 18.4 Å². The Labute approximate surface area is 81.0 Å². The molecule has 0 radical (unpaired) electrons. The van der Waals surface area contributed by atoms with Crippen molar-refractivity contribution in [2.24, 2.45) is 5.73 Å². The van der Waals surface area contributed by atoms with Crippen molar-refractivity contribution in [3.05, 3.63) is 29.3 Å². The summed E-state index contributed by atoms with van der Waals surface area (Å²) in [5.74, 6) is -0.983. The second-order valence-corrected chi connectivity index (χ2v) is 3.62. The molecule has 0 fully saturated rings. The molecular formula is C10H11NO3. The molecule has 0 unspecified atom stereocenters. The zero-order valence-corrected chi connectivity index (χ0v) is 7.53. The summed E-state index contributed by atoms with van der Waals surface area (Å²) in [5, 5.41) is 18.3. The van der Waals surface area contributed by atoms with Crippen LogP contribution in [0.2, 0.25) is 0 Å². The first kappa shape index (κ1) is 9.02. The standard InChI is InChI=1S/C10H11NO3/c11-10(9(13)14)4-3-6-1-2-7(12)5-8(6)10/h1-2,5,12H,3-4,11H2,(H,13,14)/t10-/m0/s1. The molecule has 0 saturated carbocycles. The van der Waals surface area contributed by atoms with Crippen LogP contribution < -0.4 is 5.73 Å².